The molecule has 0 aliphatic carbocycles. The zero-order valence-electron chi connectivity index (χ0n) is 12.7. The number of benzene rings is 2. The van der Waals surface area contributed by atoms with Crippen molar-refractivity contribution in [2.75, 3.05) is 12.3 Å². The molecule has 1 aliphatic rings. The molecule has 0 N–H and O–H groups in total. The van der Waals surface area contributed by atoms with Crippen LogP contribution in [0.15, 0.2) is 60.7 Å². The van der Waals surface area contributed by atoms with Gasteiger partial charge in [-0.05, 0) is 47.9 Å². The van der Waals surface area contributed by atoms with Crippen LogP contribution in [0.5, 0.6) is 0 Å². The van der Waals surface area contributed by atoms with E-state index >= 15 is 0 Å². The first-order chi connectivity index (χ1) is 10.7. The summed E-state index contributed by atoms with van der Waals surface area (Å²) in [6, 6.07) is 19.8. The minimum atomic E-state index is -1.70. The number of hydrogen-bond donors (Lipinski definition) is 0. The van der Waals surface area contributed by atoms with Gasteiger partial charge in [-0.15, -0.1) is 11.8 Å². The minimum absolute atomic E-state index is 0.526. The van der Waals surface area contributed by atoms with E-state index in [-0.39, 0.29) is 0 Å². The molecule has 0 amide bonds. The molecule has 116 valence electrons. The third kappa shape index (κ3) is 3.62. The highest BCUT2D eigenvalue weighted by molar-refractivity contribution is 8.21. The van der Waals surface area contributed by atoms with Gasteiger partial charge in [-0.1, -0.05) is 79.2 Å². The summed E-state index contributed by atoms with van der Waals surface area (Å²) < 4.78 is 0. The predicted octanol–water partition coefficient (Wildman–Crippen LogP) is 4.35. The summed E-state index contributed by atoms with van der Waals surface area (Å²) in [7, 11) is 0. The number of hydrogen-bond acceptors (Lipinski definition) is 2. The van der Waals surface area contributed by atoms with E-state index in [0.29, 0.717) is 0 Å². The van der Waals surface area contributed by atoms with Crippen molar-refractivity contribution in [1.29, 1.82) is 0 Å². The van der Waals surface area contributed by atoms with Crippen LogP contribution in [-0.2, 0) is 23.6 Å². The van der Waals surface area contributed by atoms with Crippen molar-refractivity contribution >= 4 is 47.0 Å². The molecule has 22 heavy (non-hydrogen) atoms. The van der Waals surface area contributed by atoms with Gasteiger partial charge in [-0.3, -0.25) is 0 Å². The molecule has 4 heteroatoms. The van der Waals surface area contributed by atoms with Gasteiger partial charge in [0.05, 0.1) is 0 Å². The summed E-state index contributed by atoms with van der Waals surface area (Å²) >= 11 is 12.0. The smallest absolute Gasteiger partial charge is 0.0106 e. The molecule has 0 radical (unpaired) electrons. The fraction of sp³-hybridized carbons (Fsp3) is 0.333. The minimum Gasteiger partial charge on any atom is -0.101 e. The predicted molar refractivity (Wildman–Crippen MR) is 109 cm³/mol. The summed E-state index contributed by atoms with van der Waals surface area (Å²) in [5, 5.41) is 2.71. The molecule has 0 saturated carbocycles. The van der Waals surface area contributed by atoms with Crippen LogP contribution in [0.4, 0.5) is 0 Å². The Morgan fingerprint density at radius 3 is 1.95 bits per heavy atom. The Balaban J connectivity index is 1.90. The SMILES string of the molecule is S=[PH]1CCC[C@H]1CCP(=S)(c1ccccc1)c1ccccc1. The van der Waals surface area contributed by atoms with Gasteiger partial charge >= 0.3 is 0 Å². The first kappa shape index (κ1) is 16.6. The van der Waals surface area contributed by atoms with Crippen LogP contribution in [-0.4, -0.2) is 18.0 Å². The van der Waals surface area contributed by atoms with Crippen molar-refractivity contribution < 1.29 is 0 Å². The zero-order chi connectivity index (χ0) is 15.4. The Morgan fingerprint density at radius 1 is 0.955 bits per heavy atom. The molecule has 0 spiro atoms. The first-order valence-corrected chi connectivity index (χ1v) is 13.8. The molecule has 2 aromatic carbocycles. The molecular weight excluding hydrogens is 342 g/mol. The summed E-state index contributed by atoms with van der Waals surface area (Å²) in [6.45, 7) is -0.526. The lowest BCUT2D eigenvalue weighted by Crippen LogP contribution is -2.19. The average Bonchev–Trinajstić information content (AvgIpc) is 2.99. The number of rotatable bonds is 5. The second-order valence-electron chi connectivity index (χ2n) is 5.98. The van der Waals surface area contributed by atoms with Gasteiger partial charge in [0.2, 0.25) is 0 Å². The quantitative estimate of drug-likeness (QED) is 0.724. The molecule has 0 bridgehead atoms. The molecular formula is C18H22P2S2. The van der Waals surface area contributed by atoms with E-state index in [1.54, 1.807) is 0 Å². The maximum atomic E-state index is 6.30. The third-order valence-electron chi connectivity index (χ3n) is 4.57. The highest BCUT2D eigenvalue weighted by Gasteiger charge is 2.26. The molecule has 0 nitrogen and oxygen atoms in total. The van der Waals surface area contributed by atoms with E-state index in [1.807, 2.05) is 0 Å². The van der Waals surface area contributed by atoms with Gasteiger partial charge in [-0.2, -0.15) is 0 Å². The van der Waals surface area contributed by atoms with Gasteiger partial charge in [0.15, 0.2) is 0 Å². The molecule has 1 unspecified atom stereocenters. The van der Waals surface area contributed by atoms with Gasteiger partial charge in [0.25, 0.3) is 0 Å². The lowest BCUT2D eigenvalue weighted by atomic mass is 10.2. The van der Waals surface area contributed by atoms with Crippen LogP contribution < -0.4 is 10.6 Å². The Bertz CT molecular complexity index is 639. The van der Waals surface area contributed by atoms with E-state index in [2.05, 4.69) is 60.7 Å². The molecule has 0 aromatic heterocycles. The molecule has 1 saturated heterocycles. The Labute approximate surface area is 144 Å². The molecule has 3 rings (SSSR count). The van der Waals surface area contributed by atoms with Crippen LogP contribution >= 0.6 is 12.7 Å². The largest absolute Gasteiger partial charge is 0.101 e. The summed E-state index contributed by atoms with van der Waals surface area (Å²) in [6.07, 6.45) is 6.38. The second-order valence-corrected chi connectivity index (χ2v) is 14.6. The monoisotopic (exact) mass is 364 g/mol. The van der Waals surface area contributed by atoms with Crippen molar-refractivity contribution in [3.8, 4) is 0 Å². The van der Waals surface area contributed by atoms with Crippen molar-refractivity contribution in [3.05, 3.63) is 60.7 Å². The van der Waals surface area contributed by atoms with Gasteiger partial charge in [-0.25, -0.2) is 0 Å². The first-order valence-electron chi connectivity index (χ1n) is 7.93. The standard InChI is InChI=1S/C18H22P2S2/c21-19-14-7-8-16(19)13-15-20(22,17-9-3-1-4-10-17)18-11-5-2-6-12-18/h1-6,9-12,16,19H,7-8,13-15H2/t16-/m0/s1. The van der Waals surface area contributed by atoms with E-state index in [0.717, 1.165) is 11.8 Å². The molecule has 2 atom stereocenters. The van der Waals surface area contributed by atoms with E-state index in [9.17, 15) is 0 Å². The van der Waals surface area contributed by atoms with Crippen LogP contribution in [0, 0.1) is 0 Å². The highest BCUT2D eigenvalue weighted by atomic mass is 32.4. The average molecular weight is 364 g/mol. The normalized spacial score (nSPS) is 21.8. The highest BCUT2D eigenvalue weighted by Crippen LogP contribution is 2.49. The fourth-order valence-corrected chi connectivity index (χ4v) is 10.5. The van der Waals surface area contributed by atoms with E-state index in [1.165, 1.54) is 36.0 Å². The Morgan fingerprint density at radius 2 is 1.50 bits per heavy atom. The Hall–Kier alpha value is -0.260. The van der Waals surface area contributed by atoms with Gasteiger partial charge < -0.3 is 0 Å². The third-order valence-corrected chi connectivity index (χ3v) is 13.5. The van der Waals surface area contributed by atoms with Crippen LogP contribution in [0.3, 0.4) is 0 Å². The second kappa shape index (κ2) is 7.54. The van der Waals surface area contributed by atoms with Crippen molar-refractivity contribution in [1.82, 2.24) is 0 Å². The zero-order valence-corrected chi connectivity index (χ0v) is 16.2. The van der Waals surface area contributed by atoms with Crippen LogP contribution in [0.1, 0.15) is 19.3 Å². The molecule has 1 aliphatic heterocycles. The summed E-state index contributed by atoms with van der Waals surface area (Å²) in [4.78, 5) is 0. The topological polar surface area (TPSA) is 0 Å². The van der Waals surface area contributed by atoms with Crippen molar-refractivity contribution in [2.45, 2.75) is 24.9 Å². The Kier molecular flexibility index (Phi) is 5.69. The maximum Gasteiger partial charge on any atom is 0.0106 e. The molecule has 1 fully saturated rings. The van der Waals surface area contributed by atoms with Gasteiger partial charge in [0.1, 0.15) is 0 Å². The fourth-order valence-electron chi connectivity index (χ4n) is 3.28. The van der Waals surface area contributed by atoms with Crippen LogP contribution in [0.2, 0.25) is 0 Å². The molecule has 1 heterocycles. The molecule has 2 aromatic rings. The van der Waals surface area contributed by atoms with Crippen LogP contribution in [0.25, 0.3) is 0 Å². The summed E-state index contributed by atoms with van der Waals surface area (Å²) in [5.74, 6) is 0. The van der Waals surface area contributed by atoms with Crippen molar-refractivity contribution in [3.63, 3.8) is 0 Å². The lowest BCUT2D eigenvalue weighted by molar-refractivity contribution is 0.761. The van der Waals surface area contributed by atoms with Gasteiger partial charge in [0, 0.05) is 6.04 Å². The van der Waals surface area contributed by atoms with E-state index in [4.69, 9.17) is 23.6 Å². The van der Waals surface area contributed by atoms with E-state index < -0.39 is 12.7 Å². The van der Waals surface area contributed by atoms with Crippen molar-refractivity contribution in [2.24, 2.45) is 0 Å². The maximum absolute atomic E-state index is 6.30. The lowest BCUT2D eigenvalue weighted by Gasteiger charge is -2.25. The summed E-state index contributed by atoms with van der Waals surface area (Å²) in [5.41, 5.74) is 0.801.